The van der Waals surface area contributed by atoms with Gasteiger partial charge in [-0.05, 0) is 31.5 Å². The van der Waals surface area contributed by atoms with Gasteiger partial charge in [-0.25, -0.2) is 0 Å². The topological polar surface area (TPSA) is 116 Å². The molecule has 0 fully saturated rings. The number of allylic oxidation sites excluding steroid dienone is 2. The number of benzene rings is 1. The van der Waals surface area contributed by atoms with Gasteiger partial charge in [0.25, 0.3) is 5.09 Å². The summed E-state index contributed by atoms with van der Waals surface area (Å²) < 4.78 is 5.26. The third kappa shape index (κ3) is 4.23. The number of rotatable bonds is 6. The molecule has 1 aromatic carbocycles. The molecule has 2 atom stereocenters. The molecular formula is C17H17NO7. The second kappa shape index (κ2) is 7.16. The molecule has 0 aliphatic heterocycles. The molecule has 2 rings (SSSR count). The van der Waals surface area contributed by atoms with Crippen LogP contribution in [0.15, 0.2) is 48.1 Å². The maximum atomic E-state index is 12.4. The van der Waals surface area contributed by atoms with Gasteiger partial charge < -0.3 is 14.7 Å². The lowest BCUT2D eigenvalue weighted by atomic mass is 9.73. The molecule has 0 saturated carbocycles. The molecule has 2 unspecified atom stereocenters. The van der Waals surface area contributed by atoms with E-state index >= 15 is 0 Å². The van der Waals surface area contributed by atoms with E-state index in [0.717, 1.165) is 5.57 Å². The van der Waals surface area contributed by atoms with E-state index in [1.807, 2.05) is 0 Å². The second-order valence-corrected chi connectivity index (χ2v) is 5.88. The Morgan fingerprint density at radius 3 is 2.52 bits per heavy atom. The average molecular weight is 347 g/mol. The SMILES string of the molecule is CC1=CC(C)(C(=O)O)C(C(=O)Oc2ccc(CO[N+](=O)[O-])cc2)C=C1. The number of aliphatic carboxylic acids is 1. The summed E-state index contributed by atoms with van der Waals surface area (Å²) in [7, 11) is 0. The maximum absolute atomic E-state index is 12.4. The van der Waals surface area contributed by atoms with Crippen LogP contribution in [0.3, 0.4) is 0 Å². The normalized spacial score (nSPS) is 22.0. The quantitative estimate of drug-likeness (QED) is 0.364. The molecule has 1 aromatic rings. The minimum absolute atomic E-state index is 0.210. The number of carbonyl (C=O) groups is 2. The monoisotopic (exact) mass is 347 g/mol. The molecule has 0 radical (unpaired) electrons. The first kappa shape index (κ1) is 18.2. The Kier molecular flexibility index (Phi) is 5.21. The van der Waals surface area contributed by atoms with Crippen molar-refractivity contribution in [1.29, 1.82) is 0 Å². The van der Waals surface area contributed by atoms with Crippen LogP contribution in [-0.4, -0.2) is 22.1 Å². The van der Waals surface area contributed by atoms with E-state index in [2.05, 4.69) is 4.84 Å². The van der Waals surface area contributed by atoms with E-state index in [9.17, 15) is 24.8 Å². The Hall–Kier alpha value is -3.16. The molecule has 0 bridgehead atoms. The zero-order valence-electron chi connectivity index (χ0n) is 13.7. The number of carboxylic acids is 1. The van der Waals surface area contributed by atoms with Crippen molar-refractivity contribution < 1.29 is 29.4 Å². The molecule has 0 amide bonds. The van der Waals surface area contributed by atoms with Crippen molar-refractivity contribution in [1.82, 2.24) is 0 Å². The summed E-state index contributed by atoms with van der Waals surface area (Å²) in [5, 5.41) is 18.7. The molecule has 0 aromatic heterocycles. The van der Waals surface area contributed by atoms with Gasteiger partial charge in [0.1, 0.15) is 17.8 Å². The number of carboxylic acid groups (broad SMARTS) is 1. The molecule has 132 valence electrons. The fourth-order valence-corrected chi connectivity index (χ4v) is 2.54. The Labute approximate surface area is 143 Å². The van der Waals surface area contributed by atoms with Crippen LogP contribution in [0.4, 0.5) is 0 Å². The lowest BCUT2D eigenvalue weighted by Gasteiger charge is -2.30. The molecule has 25 heavy (non-hydrogen) atoms. The summed E-state index contributed by atoms with van der Waals surface area (Å²) in [6.07, 6.45) is 4.72. The standard InChI is InChI=1S/C17H17NO7/c1-11-3-8-14(17(2,9-11)16(20)21)15(19)25-13-6-4-12(5-7-13)10-24-18(22)23/h3-9,14H,10H2,1-2H3,(H,20,21). The van der Waals surface area contributed by atoms with Crippen LogP contribution in [-0.2, 0) is 21.0 Å². The third-order valence-electron chi connectivity index (χ3n) is 3.92. The number of carbonyl (C=O) groups excluding carboxylic acids is 1. The molecule has 8 heteroatoms. The molecule has 0 saturated heterocycles. The van der Waals surface area contributed by atoms with Crippen molar-refractivity contribution in [2.45, 2.75) is 20.5 Å². The van der Waals surface area contributed by atoms with Crippen LogP contribution in [0, 0.1) is 21.4 Å². The van der Waals surface area contributed by atoms with Gasteiger partial charge in [-0.15, -0.1) is 10.1 Å². The van der Waals surface area contributed by atoms with Gasteiger partial charge >= 0.3 is 11.9 Å². The Morgan fingerprint density at radius 2 is 1.96 bits per heavy atom. The Morgan fingerprint density at radius 1 is 1.32 bits per heavy atom. The summed E-state index contributed by atoms with van der Waals surface area (Å²) in [5.41, 5.74) is -0.109. The summed E-state index contributed by atoms with van der Waals surface area (Å²) in [6, 6.07) is 5.96. The first-order valence-electron chi connectivity index (χ1n) is 7.41. The number of nitrogens with zero attached hydrogens (tertiary/aromatic N) is 1. The molecule has 8 nitrogen and oxygen atoms in total. The van der Waals surface area contributed by atoms with Crippen molar-refractivity contribution in [3.63, 3.8) is 0 Å². The fraction of sp³-hybridized carbons (Fsp3) is 0.294. The third-order valence-corrected chi connectivity index (χ3v) is 3.92. The highest BCUT2D eigenvalue weighted by Gasteiger charge is 2.45. The van der Waals surface area contributed by atoms with E-state index < -0.39 is 28.4 Å². The molecule has 1 aliphatic rings. The smallest absolute Gasteiger partial charge is 0.319 e. The first-order valence-corrected chi connectivity index (χ1v) is 7.41. The van der Waals surface area contributed by atoms with Crippen LogP contribution < -0.4 is 4.74 Å². The molecule has 1 N–H and O–H groups in total. The van der Waals surface area contributed by atoms with Gasteiger partial charge in [0.05, 0.1) is 5.92 Å². The van der Waals surface area contributed by atoms with Crippen molar-refractivity contribution >= 4 is 11.9 Å². The number of ether oxygens (including phenoxy) is 1. The largest absolute Gasteiger partial charge is 0.481 e. The summed E-state index contributed by atoms with van der Waals surface area (Å²) in [6.45, 7) is 3.00. The van der Waals surface area contributed by atoms with Gasteiger partial charge in [0.15, 0.2) is 0 Å². The van der Waals surface area contributed by atoms with Crippen LogP contribution in [0.25, 0.3) is 0 Å². The van der Waals surface area contributed by atoms with Gasteiger partial charge in [0.2, 0.25) is 0 Å². The van der Waals surface area contributed by atoms with E-state index in [1.54, 1.807) is 13.0 Å². The summed E-state index contributed by atoms with van der Waals surface area (Å²) in [4.78, 5) is 38.4. The van der Waals surface area contributed by atoms with Gasteiger partial charge in [-0.1, -0.05) is 35.9 Å². The van der Waals surface area contributed by atoms with E-state index in [1.165, 1.54) is 43.3 Å². The van der Waals surface area contributed by atoms with Crippen molar-refractivity contribution in [3.05, 3.63) is 63.7 Å². The number of hydrogen-bond acceptors (Lipinski definition) is 6. The minimum atomic E-state index is -1.39. The Balaban J connectivity index is 2.10. The Bertz CT molecular complexity index is 751. The predicted molar refractivity (Wildman–Crippen MR) is 86.0 cm³/mol. The average Bonchev–Trinajstić information content (AvgIpc) is 2.53. The molecule has 0 spiro atoms. The fourth-order valence-electron chi connectivity index (χ4n) is 2.54. The first-order chi connectivity index (χ1) is 11.7. The maximum Gasteiger partial charge on any atom is 0.319 e. The van der Waals surface area contributed by atoms with E-state index in [-0.39, 0.29) is 12.4 Å². The van der Waals surface area contributed by atoms with Crippen LogP contribution in [0.1, 0.15) is 19.4 Å². The van der Waals surface area contributed by atoms with Crippen LogP contribution in [0.5, 0.6) is 5.75 Å². The summed E-state index contributed by atoms with van der Waals surface area (Å²) in [5.74, 6) is -2.57. The van der Waals surface area contributed by atoms with Crippen LogP contribution >= 0.6 is 0 Å². The minimum Gasteiger partial charge on any atom is -0.481 e. The van der Waals surface area contributed by atoms with Gasteiger partial charge in [-0.3, -0.25) is 9.59 Å². The van der Waals surface area contributed by atoms with Gasteiger partial charge in [0, 0.05) is 0 Å². The van der Waals surface area contributed by atoms with E-state index in [0.29, 0.717) is 5.56 Å². The summed E-state index contributed by atoms with van der Waals surface area (Å²) >= 11 is 0. The molecule has 1 aliphatic carbocycles. The van der Waals surface area contributed by atoms with Crippen LogP contribution in [0.2, 0.25) is 0 Å². The molecule has 0 heterocycles. The zero-order valence-corrected chi connectivity index (χ0v) is 13.7. The van der Waals surface area contributed by atoms with Crippen molar-refractivity contribution in [3.8, 4) is 5.75 Å². The highest BCUT2D eigenvalue weighted by atomic mass is 16.9. The second-order valence-electron chi connectivity index (χ2n) is 5.88. The lowest BCUT2D eigenvalue weighted by Crippen LogP contribution is -2.41. The highest BCUT2D eigenvalue weighted by Crippen LogP contribution is 2.36. The highest BCUT2D eigenvalue weighted by molar-refractivity contribution is 5.89. The van der Waals surface area contributed by atoms with Gasteiger partial charge in [-0.2, -0.15) is 0 Å². The number of esters is 1. The number of hydrogen-bond donors (Lipinski definition) is 1. The predicted octanol–water partition coefficient (Wildman–Crippen LogP) is 2.52. The molecular weight excluding hydrogens is 330 g/mol. The van der Waals surface area contributed by atoms with Crippen molar-refractivity contribution in [2.75, 3.05) is 0 Å². The lowest BCUT2D eigenvalue weighted by molar-refractivity contribution is -0.763. The zero-order chi connectivity index (χ0) is 18.6. The van der Waals surface area contributed by atoms with E-state index in [4.69, 9.17) is 4.74 Å². The van der Waals surface area contributed by atoms with Crippen molar-refractivity contribution in [2.24, 2.45) is 11.3 Å².